The van der Waals surface area contributed by atoms with E-state index in [0.717, 1.165) is 44.0 Å². The highest BCUT2D eigenvalue weighted by molar-refractivity contribution is 14.0. The summed E-state index contributed by atoms with van der Waals surface area (Å²) in [5.74, 6) is 0.645. The molecular formula is C20H30IN5O2. The number of hydrogen-bond donors (Lipinski definition) is 2. The average molecular weight is 499 g/mol. The van der Waals surface area contributed by atoms with Gasteiger partial charge in [0.15, 0.2) is 5.96 Å². The molecule has 1 heterocycles. The molecule has 1 aromatic carbocycles. The monoisotopic (exact) mass is 499 g/mol. The van der Waals surface area contributed by atoms with Crippen LogP contribution in [0.2, 0.25) is 0 Å². The highest BCUT2D eigenvalue weighted by Crippen LogP contribution is 2.08. The number of esters is 1. The van der Waals surface area contributed by atoms with E-state index in [0.29, 0.717) is 13.0 Å². The van der Waals surface area contributed by atoms with Crippen molar-refractivity contribution in [2.45, 2.75) is 32.6 Å². The third-order valence-electron chi connectivity index (χ3n) is 4.04. The van der Waals surface area contributed by atoms with Crippen molar-refractivity contribution in [1.29, 1.82) is 0 Å². The molecule has 0 aliphatic rings. The number of hydrogen-bond acceptors (Lipinski definition) is 4. The number of rotatable bonds is 10. The predicted molar refractivity (Wildman–Crippen MR) is 123 cm³/mol. The number of nitrogens with zero attached hydrogens (tertiary/aromatic N) is 3. The summed E-state index contributed by atoms with van der Waals surface area (Å²) in [5, 5.41) is 10.8. The zero-order valence-corrected chi connectivity index (χ0v) is 18.9. The number of nitrogens with one attached hydrogen (secondary N) is 2. The third-order valence-corrected chi connectivity index (χ3v) is 4.04. The van der Waals surface area contributed by atoms with Crippen LogP contribution in [0.25, 0.3) is 5.69 Å². The second-order valence-corrected chi connectivity index (χ2v) is 6.09. The van der Waals surface area contributed by atoms with E-state index in [1.54, 1.807) is 6.20 Å². The quantitative estimate of drug-likeness (QED) is 0.173. The molecule has 2 rings (SSSR count). The van der Waals surface area contributed by atoms with Gasteiger partial charge < -0.3 is 15.4 Å². The SMILES string of the molecule is CCNC(=NCCCCC(=O)OC)NCCc1ccc(-n2cccn2)cc1.I. The zero-order chi connectivity index (χ0) is 19.3. The van der Waals surface area contributed by atoms with E-state index in [9.17, 15) is 4.79 Å². The van der Waals surface area contributed by atoms with E-state index in [4.69, 9.17) is 0 Å². The van der Waals surface area contributed by atoms with Crippen LogP contribution >= 0.6 is 24.0 Å². The van der Waals surface area contributed by atoms with Crippen molar-refractivity contribution >= 4 is 35.9 Å². The largest absolute Gasteiger partial charge is 0.469 e. The van der Waals surface area contributed by atoms with Crippen LogP contribution in [-0.4, -0.2) is 48.5 Å². The first-order chi connectivity index (χ1) is 13.2. The fourth-order valence-electron chi connectivity index (χ4n) is 2.58. The molecule has 8 heteroatoms. The van der Waals surface area contributed by atoms with Crippen LogP contribution in [0.3, 0.4) is 0 Å². The fourth-order valence-corrected chi connectivity index (χ4v) is 2.58. The molecule has 0 radical (unpaired) electrons. The summed E-state index contributed by atoms with van der Waals surface area (Å²) in [6, 6.07) is 10.3. The van der Waals surface area contributed by atoms with Gasteiger partial charge in [-0.05, 0) is 49.9 Å². The summed E-state index contributed by atoms with van der Waals surface area (Å²) < 4.78 is 6.48. The van der Waals surface area contributed by atoms with Crippen LogP contribution in [0.1, 0.15) is 31.7 Å². The number of benzene rings is 1. The number of carbonyl (C=O) groups is 1. The molecule has 0 fully saturated rings. The maximum atomic E-state index is 11.1. The Bertz CT molecular complexity index is 702. The molecule has 28 heavy (non-hydrogen) atoms. The van der Waals surface area contributed by atoms with Gasteiger partial charge in [0.2, 0.25) is 0 Å². The van der Waals surface area contributed by atoms with Crippen LogP contribution < -0.4 is 10.6 Å². The summed E-state index contributed by atoms with van der Waals surface area (Å²) in [4.78, 5) is 15.6. The maximum absolute atomic E-state index is 11.1. The minimum atomic E-state index is -0.164. The van der Waals surface area contributed by atoms with Gasteiger partial charge in [-0.25, -0.2) is 4.68 Å². The van der Waals surface area contributed by atoms with Gasteiger partial charge in [0.05, 0.1) is 12.8 Å². The molecule has 7 nitrogen and oxygen atoms in total. The first-order valence-electron chi connectivity index (χ1n) is 9.41. The van der Waals surface area contributed by atoms with Gasteiger partial charge in [0.1, 0.15) is 0 Å². The summed E-state index contributed by atoms with van der Waals surface area (Å²) in [7, 11) is 1.42. The topological polar surface area (TPSA) is 80.5 Å². The maximum Gasteiger partial charge on any atom is 0.305 e. The van der Waals surface area contributed by atoms with Gasteiger partial charge in [0, 0.05) is 38.4 Å². The Morgan fingerprint density at radius 3 is 2.64 bits per heavy atom. The van der Waals surface area contributed by atoms with Gasteiger partial charge in [-0.2, -0.15) is 5.10 Å². The molecule has 1 aromatic heterocycles. The first kappa shape index (κ1) is 23.9. The van der Waals surface area contributed by atoms with E-state index in [1.807, 2.05) is 23.9 Å². The van der Waals surface area contributed by atoms with Crippen molar-refractivity contribution in [3.8, 4) is 5.69 Å². The predicted octanol–water partition coefficient (Wildman–Crippen LogP) is 2.93. The van der Waals surface area contributed by atoms with E-state index in [-0.39, 0.29) is 29.9 Å². The van der Waals surface area contributed by atoms with Crippen LogP contribution in [-0.2, 0) is 16.0 Å². The lowest BCUT2D eigenvalue weighted by Crippen LogP contribution is -2.38. The molecule has 0 spiro atoms. The van der Waals surface area contributed by atoms with Crippen molar-refractivity contribution in [2.75, 3.05) is 26.7 Å². The number of aliphatic imine (C=N–C) groups is 1. The lowest BCUT2D eigenvalue weighted by atomic mass is 10.1. The van der Waals surface area contributed by atoms with E-state index in [1.165, 1.54) is 12.7 Å². The summed E-state index contributed by atoms with van der Waals surface area (Å²) >= 11 is 0. The normalized spacial score (nSPS) is 10.9. The number of ether oxygens (including phenoxy) is 1. The number of guanidine groups is 1. The van der Waals surface area contributed by atoms with Gasteiger partial charge in [0.25, 0.3) is 0 Å². The second kappa shape index (κ2) is 14.0. The molecule has 154 valence electrons. The summed E-state index contributed by atoms with van der Waals surface area (Å²) in [6.45, 7) is 4.34. The fraction of sp³-hybridized carbons (Fsp3) is 0.450. The molecule has 2 aromatic rings. The van der Waals surface area contributed by atoms with Crippen LogP contribution in [0.4, 0.5) is 0 Å². The highest BCUT2D eigenvalue weighted by atomic mass is 127. The molecular weight excluding hydrogens is 469 g/mol. The van der Waals surface area contributed by atoms with Gasteiger partial charge in [-0.15, -0.1) is 24.0 Å². The summed E-state index contributed by atoms with van der Waals surface area (Å²) in [5.41, 5.74) is 2.31. The molecule has 0 saturated heterocycles. The highest BCUT2D eigenvalue weighted by Gasteiger charge is 2.01. The van der Waals surface area contributed by atoms with Gasteiger partial charge >= 0.3 is 5.97 Å². The minimum absolute atomic E-state index is 0. The molecule has 0 saturated carbocycles. The Hall–Kier alpha value is -2.10. The Labute approximate surface area is 184 Å². The number of halogens is 1. The lowest BCUT2D eigenvalue weighted by Gasteiger charge is -2.11. The molecule has 0 aliphatic heterocycles. The second-order valence-electron chi connectivity index (χ2n) is 6.09. The van der Waals surface area contributed by atoms with E-state index < -0.39 is 0 Å². The molecule has 0 unspecified atom stereocenters. The number of carbonyl (C=O) groups excluding carboxylic acids is 1. The molecule has 2 N–H and O–H groups in total. The molecule has 0 atom stereocenters. The Morgan fingerprint density at radius 1 is 1.21 bits per heavy atom. The van der Waals surface area contributed by atoms with Crippen molar-refractivity contribution in [3.63, 3.8) is 0 Å². The van der Waals surface area contributed by atoms with Crippen LogP contribution in [0.5, 0.6) is 0 Å². The molecule has 0 aliphatic carbocycles. The van der Waals surface area contributed by atoms with Crippen molar-refractivity contribution < 1.29 is 9.53 Å². The molecule has 0 amide bonds. The Balaban J connectivity index is 0.00000392. The molecule has 0 bridgehead atoms. The number of unbranched alkanes of at least 4 members (excludes halogenated alkanes) is 1. The number of aromatic nitrogens is 2. The number of methoxy groups -OCH3 is 1. The smallest absolute Gasteiger partial charge is 0.305 e. The van der Waals surface area contributed by atoms with Gasteiger partial charge in [-0.3, -0.25) is 9.79 Å². The van der Waals surface area contributed by atoms with E-state index in [2.05, 4.69) is 49.7 Å². The zero-order valence-electron chi connectivity index (χ0n) is 16.6. The van der Waals surface area contributed by atoms with E-state index >= 15 is 0 Å². The van der Waals surface area contributed by atoms with Gasteiger partial charge in [-0.1, -0.05) is 12.1 Å². The Morgan fingerprint density at radius 2 is 2.00 bits per heavy atom. The third kappa shape index (κ3) is 8.73. The average Bonchev–Trinajstić information content (AvgIpc) is 3.22. The lowest BCUT2D eigenvalue weighted by molar-refractivity contribution is -0.140. The standard InChI is InChI=1S/C20H29N5O2.HI/c1-3-21-20(22-13-5-4-7-19(26)27-2)23-15-12-17-8-10-18(11-9-17)25-16-6-14-24-25;/h6,8-11,14,16H,3-5,7,12-13,15H2,1-2H3,(H2,21,22,23);1H. The summed E-state index contributed by atoms with van der Waals surface area (Å²) in [6.07, 6.45) is 6.71. The van der Waals surface area contributed by atoms with Crippen LogP contribution in [0.15, 0.2) is 47.7 Å². The van der Waals surface area contributed by atoms with Crippen molar-refractivity contribution in [1.82, 2.24) is 20.4 Å². The van der Waals surface area contributed by atoms with Crippen LogP contribution in [0, 0.1) is 0 Å². The van der Waals surface area contributed by atoms with Crippen molar-refractivity contribution in [2.24, 2.45) is 4.99 Å². The first-order valence-corrected chi connectivity index (χ1v) is 9.41. The Kier molecular flexibility index (Phi) is 11.9. The minimum Gasteiger partial charge on any atom is -0.469 e. The van der Waals surface area contributed by atoms with Crippen molar-refractivity contribution in [3.05, 3.63) is 48.3 Å².